The number of ether oxygens (including phenoxy) is 3. The Hall–Kier alpha value is -3.08. The molecule has 0 aliphatic carbocycles. The second-order valence-corrected chi connectivity index (χ2v) is 10.1. The number of thioether (sulfide) groups is 1. The number of aromatic nitrogens is 2. The lowest BCUT2D eigenvalue weighted by Crippen LogP contribution is -2.37. The van der Waals surface area contributed by atoms with Crippen LogP contribution in [0.4, 0.5) is 0 Å². The second-order valence-electron chi connectivity index (χ2n) is 8.84. The van der Waals surface area contributed by atoms with E-state index in [1.807, 2.05) is 43.3 Å². The Morgan fingerprint density at radius 2 is 1.92 bits per heavy atom. The Morgan fingerprint density at radius 3 is 2.78 bits per heavy atom. The van der Waals surface area contributed by atoms with Crippen molar-refractivity contribution in [2.24, 2.45) is 0 Å². The van der Waals surface area contributed by atoms with Crippen molar-refractivity contribution >= 4 is 28.6 Å². The molecule has 0 radical (unpaired) electrons. The largest absolute Gasteiger partial charge is 0.454 e. The van der Waals surface area contributed by atoms with Crippen LogP contribution in [-0.2, 0) is 22.6 Å². The van der Waals surface area contributed by atoms with E-state index >= 15 is 0 Å². The molecular weight excluding hydrogens is 480 g/mol. The predicted octanol–water partition coefficient (Wildman–Crippen LogP) is 2.64. The SMILES string of the molecule is CC(Sc1nc2ccccc2c(=O)n1CCCN1CCOCC1)C(=O)NCc1ccc2c(c1)OCO2. The van der Waals surface area contributed by atoms with Gasteiger partial charge in [-0.3, -0.25) is 19.1 Å². The van der Waals surface area contributed by atoms with E-state index in [9.17, 15) is 9.59 Å². The van der Waals surface area contributed by atoms with Crippen LogP contribution in [0.2, 0.25) is 0 Å². The first-order valence-corrected chi connectivity index (χ1v) is 13.1. The number of hydrogen-bond acceptors (Lipinski definition) is 8. The van der Waals surface area contributed by atoms with Gasteiger partial charge in [0.05, 0.1) is 29.4 Å². The van der Waals surface area contributed by atoms with Gasteiger partial charge in [-0.2, -0.15) is 0 Å². The fraction of sp³-hybridized carbons (Fsp3) is 0.423. The lowest BCUT2D eigenvalue weighted by Gasteiger charge is -2.26. The van der Waals surface area contributed by atoms with Gasteiger partial charge in [0, 0.05) is 32.7 Å². The van der Waals surface area contributed by atoms with E-state index in [4.69, 9.17) is 19.2 Å². The number of nitrogens with one attached hydrogen (secondary N) is 1. The number of carbonyl (C=O) groups excluding carboxylic acids is 1. The average Bonchev–Trinajstić information content (AvgIpc) is 3.37. The van der Waals surface area contributed by atoms with Gasteiger partial charge in [0.2, 0.25) is 12.7 Å². The Morgan fingerprint density at radius 1 is 1.11 bits per heavy atom. The van der Waals surface area contributed by atoms with Crippen molar-refractivity contribution in [3.8, 4) is 11.5 Å². The number of fused-ring (bicyclic) bond motifs is 2. The van der Waals surface area contributed by atoms with Gasteiger partial charge in [-0.15, -0.1) is 0 Å². The van der Waals surface area contributed by atoms with Crippen LogP contribution in [0.25, 0.3) is 10.9 Å². The molecule has 190 valence electrons. The second kappa shape index (κ2) is 11.3. The molecule has 0 bridgehead atoms. The molecule has 1 unspecified atom stereocenters. The third-order valence-electron chi connectivity index (χ3n) is 6.34. The predicted molar refractivity (Wildman–Crippen MR) is 138 cm³/mol. The van der Waals surface area contributed by atoms with Gasteiger partial charge < -0.3 is 19.5 Å². The van der Waals surface area contributed by atoms with Crippen molar-refractivity contribution in [3.05, 3.63) is 58.4 Å². The van der Waals surface area contributed by atoms with E-state index in [-0.39, 0.29) is 18.3 Å². The monoisotopic (exact) mass is 510 g/mol. The molecule has 0 spiro atoms. The average molecular weight is 511 g/mol. The maximum atomic E-state index is 13.3. The first kappa shape index (κ1) is 24.6. The summed E-state index contributed by atoms with van der Waals surface area (Å²) in [4.78, 5) is 33.4. The van der Waals surface area contributed by atoms with Crippen LogP contribution >= 0.6 is 11.8 Å². The maximum Gasteiger partial charge on any atom is 0.262 e. The van der Waals surface area contributed by atoms with Crippen LogP contribution in [0.5, 0.6) is 11.5 Å². The van der Waals surface area contributed by atoms with E-state index in [0.29, 0.717) is 40.6 Å². The zero-order chi connectivity index (χ0) is 24.9. The van der Waals surface area contributed by atoms with Crippen molar-refractivity contribution in [2.75, 3.05) is 39.6 Å². The molecule has 0 saturated carbocycles. The van der Waals surface area contributed by atoms with Crippen LogP contribution in [0, 0.1) is 0 Å². The normalized spacial score (nSPS) is 16.2. The summed E-state index contributed by atoms with van der Waals surface area (Å²) in [5.74, 6) is 1.27. The Kier molecular flexibility index (Phi) is 7.74. The van der Waals surface area contributed by atoms with Gasteiger partial charge >= 0.3 is 0 Å². The molecule has 5 rings (SSSR count). The van der Waals surface area contributed by atoms with Gasteiger partial charge in [-0.1, -0.05) is 30.0 Å². The van der Waals surface area contributed by atoms with E-state index in [1.54, 1.807) is 10.6 Å². The lowest BCUT2D eigenvalue weighted by molar-refractivity contribution is -0.120. The summed E-state index contributed by atoms with van der Waals surface area (Å²) in [7, 11) is 0. The number of morpholine rings is 1. The molecule has 2 aliphatic heterocycles. The smallest absolute Gasteiger partial charge is 0.262 e. The van der Waals surface area contributed by atoms with Crippen LogP contribution in [0.1, 0.15) is 18.9 Å². The summed E-state index contributed by atoms with van der Waals surface area (Å²) >= 11 is 1.31. The summed E-state index contributed by atoms with van der Waals surface area (Å²) in [6.07, 6.45) is 0.818. The molecule has 10 heteroatoms. The van der Waals surface area contributed by atoms with Crippen molar-refractivity contribution < 1.29 is 19.0 Å². The molecule has 2 aromatic carbocycles. The lowest BCUT2D eigenvalue weighted by atomic mass is 10.2. The molecular formula is C26H30N4O5S. The molecule has 9 nitrogen and oxygen atoms in total. The van der Waals surface area contributed by atoms with Gasteiger partial charge in [0.25, 0.3) is 5.56 Å². The molecule has 1 fully saturated rings. The zero-order valence-electron chi connectivity index (χ0n) is 20.3. The highest BCUT2D eigenvalue weighted by molar-refractivity contribution is 8.00. The van der Waals surface area contributed by atoms with Crippen molar-refractivity contribution in [1.82, 2.24) is 19.8 Å². The maximum absolute atomic E-state index is 13.3. The van der Waals surface area contributed by atoms with Crippen LogP contribution in [0.3, 0.4) is 0 Å². The van der Waals surface area contributed by atoms with E-state index < -0.39 is 5.25 Å². The third-order valence-corrected chi connectivity index (χ3v) is 7.43. The van der Waals surface area contributed by atoms with Crippen LogP contribution in [-0.4, -0.2) is 65.2 Å². The van der Waals surface area contributed by atoms with Gasteiger partial charge in [-0.05, 0) is 43.2 Å². The number of amides is 1. The highest BCUT2D eigenvalue weighted by Gasteiger charge is 2.20. The molecule has 3 aromatic rings. The third kappa shape index (κ3) is 5.66. The van der Waals surface area contributed by atoms with E-state index in [1.165, 1.54) is 11.8 Å². The van der Waals surface area contributed by atoms with Crippen molar-refractivity contribution in [1.29, 1.82) is 0 Å². The molecule has 1 aromatic heterocycles. The molecule has 1 saturated heterocycles. The molecule has 1 atom stereocenters. The topological polar surface area (TPSA) is 94.9 Å². The number of nitrogens with zero attached hydrogens (tertiary/aromatic N) is 3. The first-order valence-electron chi connectivity index (χ1n) is 12.2. The molecule has 1 N–H and O–H groups in total. The number of hydrogen-bond donors (Lipinski definition) is 1. The summed E-state index contributed by atoms with van der Waals surface area (Å²) in [5, 5.41) is 3.70. The number of rotatable bonds is 9. The zero-order valence-corrected chi connectivity index (χ0v) is 21.1. The summed E-state index contributed by atoms with van der Waals surface area (Å²) in [6, 6.07) is 13.0. The highest BCUT2D eigenvalue weighted by atomic mass is 32.2. The van der Waals surface area contributed by atoms with Gasteiger partial charge in [0.15, 0.2) is 16.7 Å². The minimum Gasteiger partial charge on any atom is -0.454 e. The first-order chi connectivity index (χ1) is 17.6. The minimum atomic E-state index is -0.433. The molecule has 1 amide bonds. The molecule has 2 aliphatic rings. The van der Waals surface area contributed by atoms with Crippen LogP contribution < -0.4 is 20.3 Å². The number of benzene rings is 2. The van der Waals surface area contributed by atoms with E-state index in [0.717, 1.165) is 44.8 Å². The summed E-state index contributed by atoms with van der Waals surface area (Å²) < 4.78 is 17.9. The Bertz CT molecular complexity index is 1290. The number of para-hydroxylation sites is 1. The van der Waals surface area contributed by atoms with E-state index in [2.05, 4.69) is 10.2 Å². The standard InChI is InChI=1S/C26H30N4O5S/c1-18(24(31)27-16-19-7-8-22-23(15-19)35-17-34-22)36-26-28-21-6-3-2-5-20(21)25(32)30(26)10-4-9-29-11-13-33-14-12-29/h2-3,5-8,15,18H,4,9-14,16-17H2,1H3,(H,27,31). The fourth-order valence-electron chi connectivity index (χ4n) is 4.31. The summed E-state index contributed by atoms with van der Waals surface area (Å²) in [6.45, 7) is 7.16. The Balaban J connectivity index is 1.27. The van der Waals surface area contributed by atoms with Crippen molar-refractivity contribution in [2.45, 2.75) is 36.8 Å². The van der Waals surface area contributed by atoms with Crippen LogP contribution in [0.15, 0.2) is 52.4 Å². The number of carbonyl (C=O) groups is 1. The minimum absolute atomic E-state index is 0.0713. The quantitative estimate of drug-likeness (QED) is 0.347. The Labute approximate surface area is 213 Å². The molecule has 36 heavy (non-hydrogen) atoms. The highest BCUT2D eigenvalue weighted by Crippen LogP contribution is 2.32. The molecule has 3 heterocycles. The van der Waals surface area contributed by atoms with Gasteiger partial charge in [-0.25, -0.2) is 4.98 Å². The fourth-order valence-corrected chi connectivity index (χ4v) is 5.27. The van der Waals surface area contributed by atoms with Crippen molar-refractivity contribution in [3.63, 3.8) is 0 Å². The van der Waals surface area contributed by atoms with Gasteiger partial charge in [0.1, 0.15) is 0 Å². The summed E-state index contributed by atoms with van der Waals surface area (Å²) in [5.41, 5.74) is 1.49.